The summed E-state index contributed by atoms with van der Waals surface area (Å²) in [5, 5.41) is 7.59. The molecular weight excluding hydrogens is 350 g/mol. The van der Waals surface area contributed by atoms with E-state index >= 15 is 0 Å². The van der Waals surface area contributed by atoms with Crippen LogP contribution in [-0.4, -0.2) is 23.8 Å². The monoisotopic (exact) mass is 373 g/mol. The summed E-state index contributed by atoms with van der Waals surface area (Å²) in [5.74, 6) is -1.08. The Kier molecular flexibility index (Phi) is 6.52. The maximum absolute atomic E-state index is 12.7. The Balaban J connectivity index is 2.17. The molecule has 0 saturated carbocycles. The minimum absolute atomic E-state index is 0.196. The highest BCUT2D eigenvalue weighted by Gasteiger charge is 2.24. The molecule has 26 heavy (non-hydrogen) atoms. The minimum atomic E-state index is -0.718. The Morgan fingerprint density at radius 1 is 1.12 bits per heavy atom. The number of hydrogen-bond acceptors (Lipinski definition) is 4. The summed E-state index contributed by atoms with van der Waals surface area (Å²) in [6, 6.07) is 8.05. The number of carbonyl (C=O) groups is 3. The van der Waals surface area contributed by atoms with Crippen LogP contribution >= 0.6 is 11.3 Å². The van der Waals surface area contributed by atoms with Gasteiger partial charge in [-0.3, -0.25) is 14.4 Å². The van der Waals surface area contributed by atoms with Crippen LogP contribution in [-0.2, 0) is 4.79 Å². The Morgan fingerprint density at radius 2 is 1.81 bits per heavy atom. The van der Waals surface area contributed by atoms with Crippen LogP contribution in [0.5, 0.6) is 0 Å². The fraction of sp³-hybridized carbons (Fsp3) is 0.316. The molecule has 1 aromatic heterocycles. The van der Waals surface area contributed by atoms with Gasteiger partial charge < -0.3 is 16.4 Å². The van der Waals surface area contributed by atoms with Crippen molar-refractivity contribution in [2.75, 3.05) is 5.32 Å². The van der Waals surface area contributed by atoms with Crippen molar-refractivity contribution in [1.82, 2.24) is 5.32 Å². The molecule has 1 heterocycles. The number of nitrogens with one attached hydrogen (secondary N) is 2. The van der Waals surface area contributed by atoms with Crippen molar-refractivity contribution in [1.29, 1.82) is 0 Å². The standard InChI is InChI=1S/C19H23N3O3S/c1-11(2)10-15(21-17(24)13-7-5-4-6-12(13)3)18(25)22-19-14(16(20)23)8-9-26-19/h4-9,11,15H,10H2,1-3H3,(H2,20,23)(H,21,24)(H,22,25). The first-order chi connectivity index (χ1) is 12.3. The van der Waals surface area contributed by atoms with E-state index in [0.29, 0.717) is 17.0 Å². The van der Waals surface area contributed by atoms with Crippen LogP contribution in [0.4, 0.5) is 5.00 Å². The highest BCUT2D eigenvalue weighted by Crippen LogP contribution is 2.23. The Labute approximate surface area is 156 Å². The SMILES string of the molecule is Cc1ccccc1C(=O)NC(CC(C)C)C(=O)Nc1sccc1C(N)=O. The zero-order chi connectivity index (χ0) is 19.3. The maximum Gasteiger partial charge on any atom is 0.252 e. The molecule has 4 N–H and O–H groups in total. The summed E-state index contributed by atoms with van der Waals surface area (Å²) < 4.78 is 0. The predicted molar refractivity (Wildman–Crippen MR) is 103 cm³/mol. The highest BCUT2D eigenvalue weighted by molar-refractivity contribution is 7.14. The molecule has 2 aromatic rings. The zero-order valence-electron chi connectivity index (χ0n) is 15.0. The summed E-state index contributed by atoms with van der Waals surface area (Å²) in [6.45, 7) is 5.79. The molecule has 1 unspecified atom stereocenters. The van der Waals surface area contributed by atoms with Crippen LogP contribution in [0.3, 0.4) is 0 Å². The third kappa shape index (κ3) is 4.92. The molecule has 3 amide bonds. The van der Waals surface area contributed by atoms with E-state index in [1.807, 2.05) is 32.9 Å². The molecule has 0 aliphatic heterocycles. The number of primary amides is 1. The fourth-order valence-corrected chi connectivity index (χ4v) is 3.36. The average molecular weight is 373 g/mol. The summed E-state index contributed by atoms with van der Waals surface area (Å²) in [7, 11) is 0. The van der Waals surface area contributed by atoms with Crippen LogP contribution in [0.1, 0.15) is 46.5 Å². The van der Waals surface area contributed by atoms with E-state index < -0.39 is 11.9 Å². The lowest BCUT2D eigenvalue weighted by molar-refractivity contribution is -0.118. The lowest BCUT2D eigenvalue weighted by Gasteiger charge is -2.20. The van der Waals surface area contributed by atoms with Gasteiger partial charge in [-0.15, -0.1) is 11.3 Å². The first-order valence-corrected chi connectivity index (χ1v) is 9.22. The van der Waals surface area contributed by atoms with E-state index in [2.05, 4.69) is 10.6 Å². The third-order valence-electron chi connectivity index (χ3n) is 3.89. The second-order valence-corrected chi connectivity index (χ2v) is 7.40. The minimum Gasteiger partial charge on any atom is -0.366 e. The number of benzene rings is 1. The number of thiophene rings is 1. The average Bonchev–Trinajstić information content (AvgIpc) is 3.02. The molecule has 1 atom stereocenters. The molecule has 0 bridgehead atoms. The summed E-state index contributed by atoms with van der Waals surface area (Å²) in [6.07, 6.45) is 0.473. The normalized spacial score (nSPS) is 11.8. The molecule has 0 fully saturated rings. The number of amides is 3. The Morgan fingerprint density at radius 3 is 2.42 bits per heavy atom. The van der Waals surface area contributed by atoms with Crippen LogP contribution in [0.15, 0.2) is 35.7 Å². The first-order valence-electron chi connectivity index (χ1n) is 8.34. The predicted octanol–water partition coefficient (Wildman–Crippen LogP) is 2.94. The number of hydrogen-bond donors (Lipinski definition) is 3. The molecule has 6 nitrogen and oxygen atoms in total. The molecule has 2 rings (SSSR count). The van der Waals surface area contributed by atoms with Crippen LogP contribution in [0, 0.1) is 12.8 Å². The van der Waals surface area contributed by atoms with Gasteiger partial charge in [0.1, 0.15) is 11.0 Å². The smallest absolute Gasteiger partial charge is 0.252 e. The van der Waals surface area contributed by atoms with Crippen LogP contribution in [0.25, 0.3) is 0 Å². The van der Waals surface area contributed by atoms with Gasteiger partial charge in [0, 0.05) is 5.56 Å². The van der Waals surface area contributed by atoms with E-state index in [4.69, 9.17) is 5.73 Å². The summed E-state index contributed by atoms with van der Waals surface area (Å²) in [4.78, 5) is 36.7. The van der Waals surface area contributed by atoms with Crippen LogP contribution in [0.2, 0.25) is 0 Å². The van der Waals surface area contributed by atoms with Crippen molar-refractivity contribution in [3.63, 3.8) is 0 Å². The molecular formula is C19H23N3O3S. The number of anilines is 1. The number of aryl methyl sites for hydroxylation is 1. The molecule has 0 radical (unpaired) electrons. The highest BCUT2D eigenvalue weighted by atomic mass is 32.1. The number of carbonyl (C=O) groups excluding carboxylic acids is 3. The molecule has 7 heteroatoms. The zero-order valence-corrected chi connectivity index (χ0v) is 15.9. The largest absolute Gasteiger partial charge is 0.366 e. The Hall–Kier alpha value is -2.67. The molecule has 0 saturated heterocycles. The second kappa shape index (κ2) is 8.62. The van der Waals surface area contributed by atoms with Gasteiger partial charge in [-0.25, -0.2) is 0 Å². The van der Waals surface area contributed by atoms with Gasteiger partial charge in [0.15, 0.2) is 0 Å². The summed E-state index contributed by atoms with van der Waals surface area (Å²) in [5.41, 5.74) is 6.94. The fourth-order valence-electron chi connectivity index (χ4n) is 2.57. The second-order valence-electron chi connectivity index (χ2n) is 6.49. The van der Waals surface area contributed by atoms with Gasteiger partial charge in [-0.05, 0) is 42.3 Å². The quantitative estimate of drug-likeness (QED) is 0.695. The third-order valence-corrected chi connectivity index (χ3v) is 4.72. The van der Waals surface area contributed by atoms with Gasteiger partial charge in [-0.1, -0.05) is 32.0 Å². The molecule has 0 aliphatic carbocycles. The number of nitrogens with two attached hydrogens (primary N) is 1. The van der Waals surface area contributed by atoms with Gasteiger partial charge in [0.05, 0.1) is 5.56 Å². The lowest BCUT2D eigenvalue weighted by Crippen LogP contribution is -2.44. The van der Waals surface area contributed by atoms with Crippen molar-refractivity contribution >= 4 is 34.1 Å². The van der Waals surface area contributed by atoms with Gasteiger partial charge >= 0.3 is 0 Å². The van der Waals surface area contributed by atoms with Crippen molar-refractivity contribution < 1.29 is 14.4 Å². The van der Waals surface area contributed by atoms with Crippen molar-refractivity contribution in [2.24, 2.45) is 11.7 Å². The number of rotatable bonds is 7. The Bertz CT molecular complexity index is 814. The molecule has 0 spiro atoms. The summed E-state index contributed by atoms with van der Waals surface area (Å²) >= 11 is 1.21. The van der Waals surface area contributed by atoms with E-state index in [1.54, 1.807) is 23.6 Å². The van der Waals surface area contributed by atoms with Crippen molar-refractivity contribution in [3.05, 3.63) is 52.4 Å². The van der Waals surface area contributed by atoms with Gasteiger partial charge in [-0.2, -0.15) is 0 Å². The van der Waals surface area contributed by atoms with Crippen molar-refractivity contribution in [2.45, 2.75) is 33.2 Å². The lowest BCUT2D eigenvalue weighted by atomic mass is 10.0. The van der Waals surface area contributed by atoms with Crippen LogP contribution < -0.4 is 16.4 Å². The molecule has 1 aromatic carbocycles. The van der Waals surface area contributed by atoms with E-state index in [0.717, 1.165) is 5.56 Å². The van der Waals surface area contributed by atoms with Gasteiger partial charge in [0.25, 0.3) is 11.8 Å². The maximum atomic E-state index is 12.7. The first kappa shape index (κ1) is 19.7. The van der Waals surface area contributed by atoms with E-state index in [1.165, 1.54) is 11.3 Å². The molecule has 138 valence electrons. The van der Waals surface area contributed by atoms with Crippen molar-refractivity contribution in [3.8, 4) is 0 Å². The molecule has 0 aliphatic rings. The topological polar surface area (TPSA) is 101 Å². The van der Waals surface area contributed by atoms with E-state index in [9.17, 15) is 14.4 Å². The van der Waals surface area contributed by atoms with E-state index in [-0.39, 0.29) is 23.3 Å². The van der Waals surface area contributed by atoms with Gasteiger partial charge in [0.2, 0.25) is 5.91 Å².